The predicted octanol–water partition coefficient (Wildman–Crippen LogP) is 5.47. The van der Waals surface area contributed by atoms with Crippen LogP contribution < -0.4 is 9.47 Å². The molecule has 5 nitrogen and oxygen atoms in total. The fourth-order valence-corrected chi connectivity index (χ4v) is 4.03. The van der Waals surface area contributed by atoms with Crippen molar-refractivity contribution >= 4 is 17.8 Å². The Morgan fingerprint density at radius 3 is 2.47 bits per heavy atom. The maximum Gasteiger partial charge on any atom is 0.231 e. The van der Waals surface area contributed by atoms with Crippen molar-refractivity contribution in [1.82, 2.24) is 14.8 Å². The Kier molecular flexibility index (Phi) is 5.23. The largest absolute Gasteiger partial charge is 0.454 e. The van der Waals surface area contributed by atoms with Gasteiger partial charge in [-0.2, -0.15) is 0 Å². The molecule has 148 valence electrons. The van der Waals surface area contributed by atoms with Crippen LogP contribution in [0, 0.1) is 0 Å². The monoisotopic (exact) mass is 413 g/mol. The zero-order valence-electron chi connectivity index (χ0n) is 16.1. The number of para-hydroxylation sites is 1. The molecule has 1 aliphatic heterocycles. The molecule has 0 saturated heterocycles. The second-order valence-electron chi connectivity index (χ2n) is 6.67. The van der Waals surface area contributed by atoms with E-state index in [1.54, 1.807) is 11.8 Å². The first-order valence-electron chi connectivity index (χ1n) is 9.64. The van der Waals surface area contributed by atoms with Crippen molar-refractivity contribution in [3.05, 3.63) is 90.5 Å². The lowest BCUT2D eigenvalue weighted by molar-refractivity contribution is 0.174. The predicted molar refractivity (Wildman–Crippen MR) is 119 cm³/mol. The lowest BCUT2D eigenvalue weighted by Crippen LogP contribution is -1.99. The maximum absolute atomic E-state index is 5.54. The Hall–Kier alpha value is -3.51. The van der Waals surface area contributed by atoms with E-state index in [4.69, 9.17) is 9.47 Å². The fraction of sp³-hybridized carbons (Fsp3) is 0.0833. The van der Waals surface area contributed by atoms with E-state index in [2.05, 4.69) is 51.2 Å². The van der Waals surface area contributed by atoms with Crippen molar-refractivity contribution in [2.45, 2.75) is 5.16 Å². The molecule has 4 aromatic rings. The third kappa shape index (κ3) is 3.82. The minimum Gasteiger partial charge on any atom is -0.454 e. The molecule has 1 aliphatic rings. The number of nitrogens with zero attached hydrogens (tertiary/aromatic N) is 3. The summed E-state index contributed by atoms with van der Waals surface area (Å²) in [4.78, 5) is 0. The molecule has 0 amide bonds. The first-order chi connectivity index (χ1) is 14.9. The second kappa shape index (κ2) is 8.47. The summed E-state index contributed by atoms with van der Waals surface area (Å²) in [6, 6.07) is 26.3. The molecule has 30 heavy (non-hydrogen) atoms. The molecule has 0 bridgehead atoms. The third-order valence-corrected chi connectivity index (χ3v) is 5.58. The van der Waals surface area contributed by atoms with E-state index in [0.717, 1.165) is 39.5 Å². The van der Waals surface area contributed by atoms with Gasteiger partial charge in [-0.25, -0.2) is 0 Å². The molecule has 0 fully saturated rings. The topological polar surface area (TPSA) is 49.2 Å². The van der Waals surface area contributed by atoms with Crippen LogP contribution in [0.25, 0.3) is 23.2 Å². The number of hydrogen-bond acceptors (Lipinski definition) is 5. The molecule has 0 N–H and O–H groups in total. The number of rotatable bonds is 6. The van der Waals surface area contributed by atoms with Crippen LogP contribution in [0.4, 0.5) is 0 Å². The van der Waals surface area contributed by atoms with Crippen LogP contribution in [0.5, 0.6) is 11.5 Å². The Balaban J connectivity index is 1.45. The van der Waals surface area contributed by atoms with E-state index in [1.165, 1.54) is 5.56 Å². The Morgan fingerprint density at radius 1 is 0.867 bits per heavy atom. The molecule has 0 aliphatic carbocycles. The molecule has 2 heterocycles. The van der Waals surface area contributed by atoms with E-state index < -0.39 is 0 Å². The fourth-order valence-electron chi connectivity index (χ4n) is 3.27. The number of benzene rings is 3. The average Bonchev–Trinajstić information content (AvgIpc) is 3.44. The van der Waals surface area contributed by atoms with Crippen LogP contribution in [-0.4, -0.2) is 27.3 Å². The Labute approximate surface area is 179 Å². The van der Waals surface area contributed by atoms with Gasteiger partial charge in [-0.05, 0) is 35.9 Å². The quantitative estimate of drug-likeness (QED) is 0.392. The summed E-state index contributed by atoms with van der Waals surface area (Å²) in [6.07, 6.45) is 4.26. The number of fused-ring (bicyclic) bond motifs is 1. The lowest BCUT2D eigenvalue weighted by atomic mass is 10.2. The van der Waals surface area contributed by atoms with E-state index in [0.29, 0.717) is 0 Å². The van der Waals surface area contributed by atoms with Crippen molar-refractivity contribution in [3.8, 4) is 28.6 Å². The van der Waals surface area contributed by atoms with E-state index in [9.17, 15) is 0 Å². The summed E-state index contributed by atoms with van der Waals surface area (Å²) >= 11 is 1.65. The van der Waals surface area contributed by atoms with Crippen LogP contribution in [0.3, 0.4) is 0 Å². The first kappa shape index (κ1) is 18.5. The van der Waals surface area contributed by atoms with Gasteiger partial charge in [-0.1, -0.05) is 72.4 Å². The van der Waals surface area contributed by atoms with Gasteiger partial charge in [0.25, 0.3) is 0 Å². The Morgan fingerprint density at radius 2 is 1.63 bits per heavy atom. The van der Waals surface area contributed by atoms with Gasteiger partial charge in [0.15, 0.2) is 22.5 Å². The van der Waals surface area contributed by atoms with E-state index in [1.807, 2.05) is 54.6 Å². The van der Waals surface area contributed by atoms with Crippen molar-refractivity contribution < 1.29 is 9.47 Å². The molecule has 1 aromatic heterocycles. The molecule has 0 saturated carbocycles. The number of aromatic nitrogens is 3. The van der Waals surface area contributed by atoms with Gasteiger partial charge in [0, 0.05) is 17.0 Å². The summed E-state index contributed by atoms with van der Waals surface area (Å²) in [6.45, 7) is 0.249. The van der Waals surface area contributed by atoms with Crippen LogP contribution in [0.2, 0.25) is 0 Å². The van der Waals surface area contributed by atoms with Gasteiger partial charge in [0.2, 0.25) is 6.79 Å². The molecule has 0 spiro atoms. The highest BCUT2D eigenvalue weighted by atomic mass is 32.2. The summed E-state index contributed by atoms with van der Waals surface area (Å²) in [5.74, 6) is 3.05. The molecule has 0 unspecified atom stereocenters. The van der Waals surface area contributed by atoms with Crippen molar-refractivity contribution in [3.63, 3.8) is 0 Å². The summed E-state index contributed by atoms with van der Waals surface area (Å²) in [5, 5.41) is 9.81. The van der Waals surface area contributed by atoms with Crippen molar-refractivity contribution in [2.75, 3.05) is 12.5 Å². The average molecular weight is 414 g/mol. The summed E-state index contributed by atoms with van der Waals surface area (Å²) < 4.78 is 13.1. The van der Waals surface area contributed by atoms with Crippen LogP contribution in [-0.2, 0) is 0 Å². The van der Waals surface area contributed by atoms with Crippen molar-refractivity contribution in [2.24, 2.45) is 0 Å². The highest BCUT2D eigenvalue weighted by Gasteiger charge is 2.19. The molecule has 0 atom stereocenters. The smallest absolute Gasteiger partial charge is 0.231 e. The zero-order chi connectivity index (χ0) is 20.2. The second-order valence-corrected chi connectivity index (χ2v) is 7.66. The summed E-state index contributed by atoms with van der Waals surface area (Å²) in [7, 11) is 0. The Bertz CT molecular complexity index is 1170. The van der Waals surface area contributed by atoms with Gasteiger partial charge in [0.05, 0.1) is 0 Å². The summed E-state index contributed by atoms with van der Waals surface area (Å²) in [5.41, 5.74) is 3.13. The first-order valence-corrected chi connectivity index (χ1v) is 10.6. The zero-order valence-corrected chi connectivity index (χ0v) is 17.0. The molecule has 0 radical (unpaired) electrons. The highest BCUT2D eigenvalue weighted by molar-refractivity contribution is 7.99. The van der Waals surface area contributed by atoms with Crippen molar-refractivity contribution in [1.29, 1.82) is 0 Å². The van der Waals surface area contributed by atoms with Gasteiger partial charge >= 0.3 is 0 Å². The van der Waals surface area contributed by atoms with Gasteiger partial charge in [-0.15, -0.1) is 10.2 Å². The lowest BCUT2D eigenvalue weighted by Gasteiger charge is -2.10. The normalized spacial score (nSPS) is 12.5. The number of ether oxygens (including phenoxy) is 2. The SMILES string of the molecule is C(=Cc1ccccc1)CSc1nnc(-c2ccc3c(c2)OCO3)n1-c1ccccc1. The third-order valence-electron chi connectivity index (χ3n) is 4.70. The van der Waals surface area contributed by atoms with Crippen LogP contribution >= 0.6 is 11.8 Å². The molecular formula is C24H19N3O2S. The van der Waals surface area contributed by atoms with E-state index >= 15 is 0 Å². The number of thioether (sulfide) groups is 1. The van der Waals surface area contributed by atoms with E-state index in [-0.39, 0.29) is 6.79 Å². The highest BCUT2D eigenvalue weighted by Crippen LogP contribution is 2.37. The standard InChI is InChI=1S/C24H19N3O2S/c1-3-8-18(9-4-1)10-7-15-30-24-26-25-23(27(24)20-11-5-2-6-12-20)19-13-14-21-22(16-19)29-17-28-21/h1-14,16H,15,17H2. The van der Waals surface area contributed by atoms with Gasteiger partial charge in [-0.3, -0.25) is 4.57 Å². The minimum atomic E-state index is 0.249. The maximum atomic E-state index is 5.54. The molecular weight excluding hydrogens is 394 g/mol. The molecule has 6 heteroatoms. The van der Waals surface area contributed by atoms with Gasteiger partial charge in [0.1, 0.15) is 0 Å². The van der Waals surface area contributed by atoms with Crippen LogP contribution in [0.15, 0.2) is 90.1 Å². The minimum absolute atomic E-state index is 0.249. The van der Waals surface area contributed by atoms with Gasteiger partial charge < -0.3 is 9.47 Å². The molecule has 5 rings (SSSR count). The molecule has 3 aromatic carbocycles. The number of hydrogen-bond donors (Lipinski definition) is 0. The van der Waals surface area contributed by atoms with Crippen LogP contribution in [0.1, 0.15) is 5.56 Å².